The molecular weight excluding hydrogens is 404 g/mol. The zero-order valence-corrected chi connectivity index (χ0v) is 21.0. The van der Waals surface area contributed by atoms with Gasteiger partial charge < -0.3 is 19.3 Å². The first-order valence-corrected chi connectivity index (χ1v) is 13.1. The lowest BCUT2D eigenvalue weighted by atomic mass is 9.43. The second-order valence-electron chi connectivity index (χ2n) is 12.1. The number of methoxy groups -OCH3 is 2. The van der Waals surface area contributed by atoms with Crippen LogP contribution in [0.3, 0.4) is 0 Å². The monoisotopic (exact) mass is 450 g/mol. The van der Waals surface area contributed by atoms with E-state index in [1.54, 1.807) is 7.11 Å². The average molecular weight is 451 g/mol. The maximum Gasteiger partial charge on any atom is 0.305 e. The summed E-state index contributed by atoms with van der Waals surface area (Å²) < 4.78 is 16.7. The number of rotatable bonds is 7. The van der Waals surface area contributed by atoms with Gasteiger partial charge in [0.15, 0.2) is 0 Å². The molecule has 0 aromatic carbocycles. The number of fused-ring (bicyclic) bond motifs is 5. The molecule has 184 valence electrons. The van der Waals surface area contributed by atoms with E-state index in [0.717, 1.165) is 32.1 Å². The minimum Gasteiger partial charge on any atom is -0.469 e. The first-order chi connectivity index (χ1) is 15.2. The summed E-state index contributed by atoms with van der Waals surface area (Å²) in [6.07, 6.45) is 10.7. The van der Waals surface area contributed by atoms with Gasteiger partial charge in [0, 0.05) is 13.5 Å². The van der Waals surface area contributed by atoms with Gasteiger partial charge in [-0.05, 0) is 104 Å². The molecular formula is C27H46O5. The van der Waals surface area contributed by atoms with Crippen molar-refractivity contribution in [3.8, 4) is 0 Å². The Morgan fingerprint density at radius 1 is 1.03 bits per heavy atom. The number of hydrogen-bond acceptors (Lipinski definition) is 5. The lowest BCUT2D eigenvalue weighted by Gasteiger charge is -2.63. The number of aliphatic hydroxyl groups excluding tert-OH is 1. The highest BCUT2D eigenvalue weighted by Crippen LogP contribution is 2.68. The second kappa shape index (κ2) is 9.54. The Kier molecular flexibility index (Phi) is 7.30. The summed E-state index contributed by atoms with van der Waals surface area (Å²) in [5.41, 5.74) is 0.648. The highest BCUT2D eigenvalue weighted by molar-refractivity contribution is 5.69. The van der Waals surface area contributed by atoms with E-state index in [1.165, 1.54) is 32.8 Å². The molecule has 5 heteroatoms. The van der Waals surface area contributed by atoms with Gasteiger partial charge in [-0.25, -0.2) is 0 Å². The van der Waals surface area contributed by atoms with Crippen LogP contribution in [0.5, 0.6) is 0 Å². The fourth-order valence-corrected chi connectivity index (χ4v) is 9.13. The van der Waals surface area contributed by atoms with E-state index in [0.29, 0.717) is 59.6 Å². The normalized spacial score (nSPS) is 46.6. The highest BCUT2D eigenvalue weighted by Gasteiger charge is 2.63. The number of hydrogen-bond donors (Lipinski definition) is 1. The predicted molar refractivity (Wildman–Crippen MR) is 124 cm³/mol. The van der Waals surface area contributed by atoms with Crippen molar-refractivity contribution in [1.29, 1.82) is 0 Å². The van der Waals surface area contributed by atoms with Crippen molar-refractivity contribution in [1.82, 2.24) is 0 Å². The lowest BCUT2D eigenvalue weighted by Crippen LogP contribution is -2.59. The Bertz CT molecular complexity index is 666. The van der Waals surface area contributed by atoms with E-state index < -0.39 is 0 Å². The Hall–Kier alpha value is -0.650. The van der Waals surface area contributed by atoms with Gasteiger partial charge in [0.2, 0.25) is 0 Å². The molecule has 0 saturated heterocycles. The summed E-state index contributed by atoms with van der Waals surface area (Å²) in [5.74, 6) is 3.61. The van der Waals surface area contributed by atoms with Gasteiger partial charge in [0.05, 0.1) is 19.3 Å². The van der Waals surface area contributed by atoms with Gasteiger partial charge in [-0.1, -0.05) is 20.8 Å². The van der Waals surface area contributed by atoms with Gasteiger partial charge in [0.25, 0.3) is 0 Å². The van der Waals surface area contributed by atoms with Crippen molar-refractivity contribution in [2.75, 3.05) is 21.0 Å². The summed E-state index contributed by atoms with van der Waals surface area (Å²) in [4.78, 5) is 11.7. The van der Waals surface area contributed by atoms with Gasteiger partial charge in [-0.2, -0.15) is 0 Å². The van der Waals surface area contributed by atoms with Crippen molar-refractivity contribution in [2.24, 2.45) is 46.3 Å². The van der Waals surface area contributed by atoms with Crippen LogP contribution in [0.4, 0.5) is 0 Å². The minimum atomic E-state index is -0.145. The Balaban J connectivity index is 1.57. The zero-order chi connectivity index (χ0) is 23.1. The fraction of sp³-hybridized carbons (Fsp3) is 0.963. The van der Waals surface area contributed by atoms with Crippen LogP contribution in [-0.2, 0) is 19.0 Å². The van der Waals surface area contributed by atoms with Gasteiger partial charge >= 0.3 is 5.97 Å². The minimum absolute atomic E-state index is 0.0842. The van der Waals surface area contributed by atoms with E-state index in [1.807, 2.05) is 0 Å². The third-order valence-electron chi connectivity index (χ3n) is 10.8. The molecule has 0 bridgehead atoms. The Morgan fingerprint density at radius 3 is 2.47 bits per heavy atom. The van der Waals surface area contributed by atoms with Crippen molar-refractivity contribution in [2.45, 2.75) is 97.2 Å². The largest absolute Gasteiger partial charge is 0.469 e. The van der Waals surface area contributed by atoms with E-state index in [2.05, 4.69) is 20.8 Å². The smallest absolute Gasteiger partial charge is 0.305 e. The van der Waals surface area contributed by atoms with Crippen LogP contribution in [0.15, 0.2) is 0 Å². The zero-order valence-electron chi connectivity index (χ0n) is 21.0. The van der Waals surface area contributed by atoms with Crippen molar-refractivity contribution in [3.63, 3.8) is 0 Å². The quantitative estimate of drug-likeness (QED) is 0.427. The van der Waals surface area contributed by atoms with E-state index >= 15 is 0 Å². The first kappa shape index (κ1) is 24.5. The Morgan fingerprint density at radius 2 is 1.75 bits per heavy atom. The van der Waals surface area contributed by atoms with Crippen LogP contribution >= 0.6 is 0 Å². The third kappa shape index (κ3) is 4.15. The summed E-state index contributed by atoms with van der Waals surface area (Å²) in [6.45, 7) is 7.80. The van der Waals surface area contributed by atoms with Gasteiger partial charge in [-0.3, -0.25) is 4.79 Å². The summed E-state index contributed by atoms with van der Waals surface area (Å²) in [6, 6.07) is 0. The maximum atomic E-state index is 11.7. The molecule has 10 atom stereocenters. The van der Waals surface area contributed by atoms with E-state index in [-0.39, 0.29) is 18.2 Å². The van der Waals surface area contributed by atoms with Crippen LogP contribution < -0.4 is 0 Å². The molecule has 0 aromatic heterocycles. The molecule has 32 heavy (non-hydrogen) atoms. The van der Waals surface area contributed by atoms with Gasteiger partial charge in [0.1, 0.15) is 6.79 Å². The van der Waals surface area contributed by atoms with Crippen LogP contribution in [0, 0.1) is 46.3 Å². The fourth-order valence-electron chi connectivity index (χ4n) is 9.13. The molecule has 4 fully saturated rings. The lowest BCUT2D eigenvalue weighted by molar-refractivity contribution is -0.207. The second-order valence-corrected chi connectivity index (χ2v) is 12.1. The van der Waals surface area contributed by atoms with Crippen LogP contribution in [0.2, 0.25) is 0 Å². The molecule has 4 aliphatic carbocycles. The van der Waals surface area contributed by atoms with Crippen LogP contribution in [0.1, 0.15) is 85.0 Å². The topological polar surface area (TPSA) is 65.0 Å². The molecule has 1 N–H and O–H groups in total. The van der Waals surface area contributed by atoms with Crippen LogP contribution in [-0.4, -0.2) is 44.3 Å². The van der Waals surface area contributed by atoms with E-state index in [9.17, 15) is 9.90 Å². The number of aliphatic hydroxyl groups is 1. The molecule has 0 heterocycles. The molecule has 0 spiro atoms. The molecule has 4 rings (SSSR count). The third-order valence-corrected chi connectivity index (χ3v) is 10.8. The number of esters is 1. The summed E-state index contributed by atoms with van der Waals surface area (Å²) in [5, 5.41) is 10.4. The molecule has 10 unspecified atom stereocenters. The molecule has 4 saturated carbocycles. The average Bonchev–Trinajstić information content (AvgIpc) is 3.13. The standard InChI is InChI=1S/C27H46O5/c1-17(6-9-24(29)31-5)20-7-8-21-25-22(11-13-27(20,21)3)26(2)12-10-19(28)14-18(26)15-23(25)32-16-30-4/h17-23,25,28H,6-16H2,1-5H3. The molecule has 0 amide bonds. The molecule has 4 aliphatic rings. The maximum absolute atomic E-state index is 11.7. The molecule has 0 aliphatic heterocycles. The Labute approximate surface area is 195 Å². The number of carbonyl (C=O) groups excluding carboxylic acids is 1. The van der Waals surface area contributed by atoms with Crippen molar-refractivity contribution >= 4 is 5.97 Å². The number of ether oxygens (including phenoxy) is 3. The van der Waals surface area contributed by atoms with Gasteiger partial charge in [-0.15, -0.1) is 0 Å². The molecule has 0 aromatic rings. The summed E-state index contributed by atoms with van der Waals surface area (Å²) in [7, 11) is 3.21. The van der Waals surface area contributed by atoms with Crippen molar-refractivity contribution < 1.29 is 24.1 Å². The SMILES string of the molecule is COCOC1CC2CC(O)CCC2(C)C2CCC3(C)C(C(C)CCC(=O)OC)CCC3C12. The van der Waals surface area contributed by atoms with Crippen LogP contribution in [0.25, 0.3) is 0 Å². The molecule has 0 radical (unpaired) electrons. The highest BCUT2D eigenvalue weighted by atomic mass is 16.7. The summed E-state index contributed by atoms with van der Waals surface area (Å²) >= 11 is 0. The van der Waals surface area contributed by atoms with Crippen molar-refractivity contribution in [3.05, 3.63) is 0 Å². The predicted octanol–water partition coefficient (Wildman–Crippen LogP) is 5.19. The number of carbonyl (C=O) groups is 1. The first-order valence-electron chi connectivity index (χ1n) is 13.1. The van der Waals surface area contributed by atoms with E-state index in [4.69, 9.17) is 14.2 Å². The molecule has 5 nitrogen and oxygen atoms in total.